The van der Waals surface area contributed by atoms with Gasteiger partial charge in [-0.2, -0.15) is 0 Å². The highest BCUT2D eigenvalue weighted by Gasteiger charge is 2.24. The van der Waals surface area contributed by atoms with Crippen LogP contribution in [0, 0.1) is 0 Å². The molecule has 6 nitrogen and oxygen atoms in total. The summed E-state index contributed by atoms with van der Waals surface area (Å²) in [6, 6.07) is 4.97. The first-order chi connectivity index (χ1) is 9.31. The molecule has 9 heteroatoms. The van der Waals surface area contributed by atoms with Crippen molar-refractivity contribution in [3.05, 3.63) is 39.5 Å². The molecule has 0 fully saturated rings. The summed E-state index contributed by atoms with van der Waals surface area (Å²) in [7, 11) is -4.04. The van der Waals surface area contributed by atoms with Gasteiger partial charge in [0.15, 0.2) is 0 Å². The quantitative estimate of drug-likeness (QED) is 0.746. The van der Waals surface area contributed by atoms with E-state index < -0.39 is 16.0 Å². The molecule has 2 aromatic rings. The standard InChI is InChI=1S/C11H8ClNO5S2/c12-7-5-6(1-2-8(7)14)13-20(17,18)9-3-4-19-10(9)11(15)16/h1-5,13-14H,(H,15,16). The third-order valence-electron chi connectivity index (χ3n) is 2.31. The predicted molar refractivity (Wildman–Crippen MR) is 75.2 cm³/mol. The lowest BCUT2D eigenvalue weighted by molar-refractivity contribution is 0.0698. The average molecular weight is 334 g/mol. The Balaban J connectivity index is 2.38. The number of halogens is 1. The molecule has 0 atom stereocenters. The number of sulfonamides is 1. The average Bonchev–Trinajstić information content (AvgIpc) is 2.83. The molecule has 0 radical (unpaired) electrons. The molecule has 0 spiro atoms. The van der Waals surface area contributed by atoms with Gasteiger partial charge in [-0.05, 0) is 29.6 Å². The van der Waals surface area contributed by atoms with Gasteiger partial charge < -0.3 is 10.2 Å². The highest BCUT2D eigenvalue weighted by molar-refractivity contribution is 7.93. The lowest BCUT2D eigenvalue weighted by Crippen LogP contribution is -2.15. The molecule has 1 heterocycles. The minimum atomic E-state index is -4.04. The summed E-state index contributed by atoms with van der Waals surface area (Å²) >= 11 is 6.49. The van der Waals surface area contributed by atoms with Gasteiger partial charge in [0.1, 0.15) is 15.5 Å². The number of aromatic carboxylic acids is 1. The molecule has 0 saturated carbocycles. The van der Waals surface area contributed by atoms with Gasteiger partial charge in [0.2, 0.25) is 0 Å². The maximum atomic E-state index is 12.1. The molecule has 106 valence electrons. The fraction of sp³-hybridized carbons (Fsp3) is 0. The summed E-state index contributed by atoms with van der Waals surface area (Å²) in [5, 5.41) is 19.5. The van der Waals surface area contributed by atoms with Gasteiger partial charge >= 0.3 is 5.97 Å². The lowest BCUT2D eigenvalue weighted by Gasteiger charge is -2.08. The smallest absolute Gasteiger partial charge is 0.347 e. The molecular weight excluding hydrogens is 326 g/mol. The van der Waals surface area contributed by atoms with E-state index in [0.717, 1.165) is 11.3 Å². The van der Waals surface area contributed by atoms with Crippen LogP contribution in [0.5, 0.6) is 5.75 Å². The van der Waals surface area contributed by atoms with E-state index in [9.17, 15) is 18.3 Å². The van der Waals surface area contributed by atoms with E-state index in [2.05, 4.69) is 4.72 Å². The Bertz CT molecular complexity index is 769. The fourth-order valence-corrected chi connectivity index (χ4v) is 3.94. The Morgan fingerprint density at radius 2 is 2.00 bits per heavy atom. The molecule has 3 N–H and O–H groups in total. The number of nitrogens with one attached hydrogen (secondary N) is 1. The van der Waals surface area contributed by atoms with Crippen LogP contribution >= 0.6 is 22.9 Å². The molecule has 0 aliphatic rings. The SMILES string of the molecule is O=C(O)c1sccc1S(=O)(=O)Nc1ccc(O)c(Cl)c1. The van der Waals surface area contributed by atoms with Crippen molar-refractivity contribution in [1.82, 2.24) is 0 Å². The molecule has 0 aliphatic heterocycles. The van der Waals surface area contributed by atoms with Gasteiger partial charge in [0.05, 0.1) is 10.7 Å². The predicted octanol–water partition coefficient (Wildman–Crippen LogP) is 2.61. The number of rotatable bonds is 4. The number of carbonyl (C=O) groups is 1. The van der Waals surface area contributed by atoms with Crippen molar-refractivity contribution in [2.75, 3.05) is 4.72 Å². The zero-order valence-corrected chi connectivity index (χ0v) is 12.1. The van der Waals surface area contributed by atoms with E-state index in [-0.39, 0.29) is 26.2 Å². The highest BCUT2D eigenvalue weighted by Crippen LogP contribution is 2.29. The summed E-state index contributed by atoms with van der Waals surface area (Å²) in [6.07, 6.45) is 0. The first kappa shape index (κ1) is 14.6. The second-order valence-corrected chi connectivity index (χ2v) is 6.66. The summed E-state index contributed by atoms with van der Waals surface area (Å²) in [4.78, 5) is 10.3. The Morgan fingerprint density at radius 3 is 2.60 bits per heavy atom. The van der Waals surface area contributed by atoms with Gasteiger partial charge in [-0.3, -0.25) is 4.72 Å². The minimum Gasteiger partial charge on any atom is -0.506 e. The molecule has 0 aliphatic carbocycles. The maximum absolute atomic E-state index is 12.1. The Morgan fingerprint density at radius 1 is 1.30 bits per heavy atom. The van der Waals surface area contributed by atoms with E-state index in [0.29, 0.717) is 0 Å². The van der Waals surface area contributed by atoms with Gasteiger partial charge in [0, 0.05) is 0 Å². The third kappa shape index (κ3) is 2.87. The Kier molecular flexibility index (Phi) is 3.89. The fourth-order valence-electron chi connectivity index (χ4n) is 1.45. The van der Waals surface area contributed by atoms with E-state index >= 15 is 0 Å². The Hall–Kier alpha value is -1.77. The molecule has 0 amide bonds. The van der Waals surface area contributed by atoms with Crippen molar-refractivity contribution < 1.29 is 23.4 Å². The topological polar surface area (TPSA) is 104 Å². The van der Waals surface area contributed by atoms with Crippen molar-refractivity contribution in [3.63, 3.8) is 0 Å². The van der Waals surface area contributed by atoms with Crippen molar-refractivity contribution in [2.24, 2.45) is 0 Å². The van der Waals surface area contributed by atoms with Gasteiger partial charge in [-0.15, -0.1) is 11.3 Å². The number of phenolic OH excluding ortho intramolecular Hbond substituents is 1. The molecule has 2 rings (SSSR count). The van der Waals surface area contributed by atoms with Crippen LogP contribution in [0.15, 0.2) is 34.5 Å². The van der Waals surface area contributed by atoms with E-state index in [1.54, 1.807) is 0 Å². The van der Waals surface area contributed by atoms with Crippen LogP contribution in [0.3, 0.4) is 0 Å². The summed E-state index contributed by atoms with van der Waals surface area (Å²) < 4.78 is 26.4. The van der Waals surface area contributed by atoms with Crippen LogP contribution in [0.25, 0.3) is 0 Å². The van der Waals surface area contributed by atoms with Crippen molar-refractivity contribution >= 4 is 44.6 Å². The molecule has 0 saturated heterocycles. The number of benzene rings is 1. The minimum absolute atomic E-state index is 0.0195. The van der Waals surface area contributed by atoms with Crippen LogP contribution in [-0.2, 0) is 10.0 Å². The van der Waals surface area contributed by atoms with Gasteiger partial charge in [-0.1, -0.05) is 11.6 Å². The molecular formula is C11H8ClNO5S2. The van der Waals surface area contributed by atoms with Crippen LogP contribution in [0.4, 0.5) is 5.69 Å². The van der Waals surface area contributed by atoms with Crippen LogP contribution in [0.1, 0.15) is 9.67 Å². The van der Waals surface area contributed by atoms with E-state index in [1.165, 1.54) is 29.6 Å². The van der Waals surface area contributed by atoms with Crippen LogP contribution < -0.4 is 4.72 Å². The molecule has 20 heavy (non-hydrogen) atoms. The number of carboxylic acids is 1. The van der Waals surface area contributed by atoms with Crippen molar-refractivity contribution in [3.8, 4) is 5.75 Å². The van der Waals surface area contributed by atoms with Gasteiger partial charge in [0.25, 0.3) is 10.0 Å². The second kappa shape index (κ2) is 5.31. The maximum Gasteiger partial charge on any atom is 0.347 e. The monoisotopic (exact) mass is 333 g/mol. The van der Waals surface area contributed by atoms with Crippen molar-refractivity contribution in [1.29, 1.82) is 0 Å². The largest absolute Gasteiger partial charge is 0.506 e. The van der Waals surface area contributed by atoms with Crippen molar-refractivity contribution in [2.45, 2.75) is 4.90 Å². The number of carboxylic acid groups (broad SMARTS) is 1. The zero-order valence-electron chi connectivity index (χ0n) is 9.70. The summed E-state index contributed by atoms with van der Waals surface area (Å²) in [5.74, 6) is -1.50. The number of thiophene rings is 1. The number of hydrogen-bond acceptors (Lipinski definition) is 5. The number of anilines is 1. The normalized spacial score (nSPS) is 11.2. The third-order valence-corrected chi connectivity index (χ3v) is 5.07. The van der Waals surface area contributed by atoms with Gasteiger partial charge in [-0.25, -0.2) is 13.2 Å². The van der Waals surface area contributed by atoms with E-state index in [1.807, 2.05) is 0 Å². The molecule has 1 aromatic heterocycles. The molecule has 0 bridgehead atoms. The number of hydrogen-bond donors (Lipinski definition) is 3. The lowest BCUT2D eigenvalue weighted by atomic mass is 10.3. The number of phenols is 1. The summed E-state index contributed by atoms with van der Waals surface area (Å²) in [6.45, 7) is 0. The highest BCUT2D eigenvalue weighted by atomic mass is 35.5. The molecule has 1 aromatic carbocycles. The van der Waals surface area contributed by atoms with Crippen LogP contribution in [-0.4, -0.2) is 24.6 Å². The zero-order chi connectivity index (χ0) is 14.9. The first-order valence-corrected chi connectivity index (χ1v) is 7.87. The second-order valence-electron chi connectivity index (χ2n) is 3.69. The van der Waals surface area contributed by atoms with Crippen LogP contribution in [0.2, 0.25) is 5.02 Å². The molecule has 0 unspecified atom stereocenters. The first-order valence-electron chi connectivity index (χ1n) is 5.13. The summed E-state index contributed by atoms with van der Waals surface area (Å²) in [5.41, 5.74) is 0.121. The Labute approximate surface area is 123 Å². The van der Waals surface area contributed by atoms with E-state index in [4.69, 9.17) is 16.7 Å². The number of aromatic hydroxyl groups is 1.